The Hall–Kier alpha value is -0.0800. The van der Waals surface area contributed by atoms with Crippen molar-refractivity contribution in [3.05, 3.63) is 0 Å². The van der Waals surface area contributed by atoms with Crippen molar-refractivity contribution in [1.82, 2.24) is 10.2 Å². The third-order valence-corrected chi connectivity index (χ3v) is 5.01. The first-order valence-electron chi connectivity index (χ1n) is 7.38. The van der Waals surface area contributed by atoms with E-state index in [1.54, 1.807) is 0 Å². The number of likely N-dealkylation sites (tertiary alicyclic amines) is 1. The first-order chi connectivity index (χ1) is 7.93. The fraction of sp³-hybridized carbons (Fsp3) is 1.00. The van der Waals surface area contributed by atoms with E-state index >= 15 is 0 Å². The Kier molecular flexibility index (Phi) is 3.49. The first-order valence-corrected chi connectivity index (χ1v) is 7.38. The molecule has 2 heterocycles. The highest BCUT2D eigenvalue weighted by molar-refractivity contribution is 4.89. The van der Waals surface area contributed by atoms with Gasteiger partial charge in [-0.15, -0.1) is 0 Å². The molecule has 0 aromatic carbocycles. The summed E-state index contributed by atoms with van der Waals surface area (Å²) in [6, 6.07) is 0.961. The van der Waals surface area contributed by atoms with Gasteiger partial charge < -0.3 is 5.32 Å². The fourth-order valence-electron chi connectivity index (χ4n) is 4.16. The highest BCUT2D eigenvalue weighted by Crippen LogP contribution is 2.35. The zero-order valence-electron chi connectivity index (χ0n) is 10.5. The van der Waals surface area contributed by atoms with Crippen LogP contribution in [0.15, 0.2) is 0 Å². The molecule has 1 N–H and O–H groups in total. The van der Waals surface area contributed by atoms with E-state index in [4.69, 9.17) is 0 Å². The molecule has 3 aliphatic rings. The normalized spacial score (nSPS) is 37.5. The Morgan fingerprint density at radius 1 is 1.00 bits per heavy atom. The lowest BCUT2D eigenvalue weighted by atomic mass is 9.95. The summed E-state index contributed by atoms with van der Waals surface area (Å²) in [5, 5.41) is 3.50. The van der Waals surface area contributed by atoms with E-state index in [0.29, 0.717) is 0 Å². The number of hydrogen-bond donors (Lipinski definition) is 1. The van der Waals surface area contributed by atoms with Gasteiger partial charge in [-0.1, -0.05) is 12.8 Å². The fourth-order valence-corrected chi connectivity index (χ4v) is 4.16. The summed E-state index contributed by atoms with van der Waals surface area (Å²) in [4.78, 5) is 2.84. The maximum Gasteiger partial charge on any atom is 0.0124 e. The van der Waals surface area contributed by atoms with Gasteiger partial charge in [0, 0.05) is 12.6 Å². The Labute approximate surface area is 99.8 Å². The molecule has 3 rings (SSSR count). The second-order valence-corrected chi connectivity index (χ2v) is 6.11. The molecule has 2 atom stereocenters. The van der Waals surface area contributed by atoms with Gasteiger partial charge in [0.25, 0.3) is 0 Å². The van der Waals surface area contributed by atoms with Crippen molar-refractivity contribution >= 4 is 0 Å². The Morgan fingerprint density at radius 2 is 1.88 bits per heavy atom. The molecular weight excluding hydrogens is 196 g/mol. The van der Waals surface area contributed by atoms with Gasteiger partial charge in [0.15, 0.2) is 0 Å². The molecule has 2 heteroatoms. The van der Waals surface area contributed by atoms with Crippen LogP contribution in [-0.2, 0) is 0 Å². The SMILES string of the molecule is C1CCC(C2CCCN2CC2CCNC2)C1. The molecule has 0 amide bonds. The molecule has 2 aliphatic heterocycles. The molecule has 0 radical (unpaired) electrons. The highest BCUT2D eigenvalue weighted by atomic mass is 15.2. The van der Waals surface area contributed by atoms with Crippen LogP contribution in [0.1, 0.15) is 44.9 Å². The van der Waals surface area contributed by atoms with E-state index in [1.807, 2.05) is 0 Å². The van der Waals surface area contributed by atoms with Crippen molar-refractivity contribution in [1.29, 1.82) is 0 Å². The lowest BCUT2D eigenvalue weighted by Gasteiger charge is -2.31. The number of rotatable bonds is 3. The van der Waals surface area contributed by atoms with E-state index in [-0.39, 0.29) is 0 Å². The maximum atomic E-state index is 3.50. The summed E-state index contributed by atoms with van der Waals surface area (Å²) >= 11 is 0. The van der Waals surface area contributed by atoms with E-state index < -0.39 is 0 Å². The average molecular weight is 222 g/mol. The largest absolute Gasteiger partial charge is 0.316 e. The zero-order chi connectivity index (χ0) is 10.8. The molecule has 16 heavy (non-hydrogen) atoms. The number of hydrogen-bond acceptors (Lipinski definition) is 2. The Bertz CT molecular complexity index is 217. The van der Waals surface area contributed by atoms with Crippen molar-refractivity contribution < 1.29 is 0 Å². The topological polar surface area (TPSA) is 15.3 Å². The van der Waals surface area contributed by atoms with E-state index in [9.17, 15) is 0 Å². The maximum absolute atomic E-state index is 3.50. The molecule has 92 valence electrons. The molecule has 0 aromatic heterocycles. The predicted octanol–water partition coefficient (Wildman–Crippen LogP) is 2.25. The van der Waals surface area contributed by atoms with Gasteiger partial charge in [0.2, 0.25) is 0 Å². The van der Waals surface area contributed by atoms with Gasteiger partial charge in [-0.05, 0) is 63.6 Å². The van der Waals surface area contributed by atoms with E-state index in [1.165, 1.54) is 71.1 Å². The van der Waals surface area contributed by atoms with Gasteiger partial charge in [0.1, 0.15) is 0 Å². The summed E-state index contributed by atoms with van der Waals surface area (Å²) < 4.78 is 0. The standard InChI is InChI=1S/C14H26N2/c1-2-5-13(4-1)14-6-3-9-16(14)11-12-7-8-15-10-12/h12-15H,1-11H2. The van der Waals surface area contributed by atoms with Crippen LogP contribution in [0.4, 0.5) is 0 Å². The second-order valence-electron chi connectivity index (χ2n) is 6.11. The van der Waals surface area contributed by atoms with Crippen LogP contribution in [0, 0.1) is 11.8 Å². The smallest absolute Gasteiger partial charge is 0.0124 e. The average Bonchev–Trinajstić information content (AvgIpc) is 2.98. The molecule has 2 nitrogen and oxygen atoms in total. The summed E-state index contributed by atoms with van der Waals surface area (Å²) in [6.45, 7) is 5.30. The molecule has 0 spiro atoms. The van der Waals surface area contributed by atoms with Crippen molar-refractivity contribution in [3.63, 3.8) is 0 Å². The minimum Gasteiger partial charge on any atom is -0.316 e. The monoisotopic (exact) mass is 222 g/mol. The van der Waals surface area contributed by atoms with Gasteiger partial charge in [-0.2, -0.15) is 0 Å². The third kappa shape index (κ3) is 2.28. The second kappa shape index (κ2) is 5.05. The molecule has 2 unspecified atom stereocenters. The molecule has 3 fully saturated rings. The summed E-state index contributed by atoms with van der Waals surface area (Å²) in [7, 11) is 0. The zero-order valence-corrected chi connectivity index (χ0v) is 10.5. The van der Waals surface area contributed by atoms with Gasteiger partial charge in [-0.25, -0.2) is 0 Å². The quantitative estimate of drug-likeness (QED) is 0.788. The third-order valence-electron chi connectivity index (χ3n) is 5.01. The predicted molar refractivity (Wildman–Crippen MR) is 67.5 cm³/mol. The lowest BCUT2D eigenvalue weighted by molar-refractivity contribution is 0.168. The van der Waals surface area contributed by atoms with Crippen molar-refractivity contribution in [3.8, 4) is 0 Å². The van der Waals surface area contributed by atoms with E-state index in [2.05, 4.69) is 10.2 Å². The van der Waals surface area contributed by atoms with Crippen LogP contribution < -0.4 is 5.32 Å². The van der Waals surface area contributed by atoms with Crippen LogP contribution >= 0.6 is 0 Å². The van der Waals surface area contributed by atoms with E-state index in [0.717, 1.165) is 17.9 Å². The highest BCUT2D eigenvalue weighted by Gasteiger charge is 2.34. The molecular formula is C14H26N2. The molecule has 1 aliphatic carbocycles. The van der Waals surface area contributed by atoms with Crippen molar-refractivity contribution in [2.24, 2.45) is 11.8 Å². The number of nitrogens with zero attached hydrogens (tertiary/aromatic N) is 1. The van der Waals surface area contributed by atoms with Crippen LogP contribution in [0.5, 0.6) is 0 Å². The molecule has 0 aromatic rings. The van der Waals surface area contributed by atoms with Crippen LogP contribution in [-0.4, -0.2) is 37.1 Å². The summed E-state index contributed by atoms with van der Waals surface area (Å²) in [5.74, 6) is 2.00. The van der Waals surface area contributed by atoms with Crippen LogP contribution in [0.3, 0.4) is 0 Å². The molecule has 2 saturated heterocycles. The molecule has 0 bridgehead atoms. The lowest BCUT2D eigenvalue weighted by Crippen LogP contribution is -2.38. The summed E-state index contributed by atoms with van der Waals surface area (Å²) in [5.41, 5.74) is 0. The minimum absolute atomic E-state index is 0.946. The minimum atomic E-state index is 0.946. The van der Waals surface area contributed by atoms with Crippen LogP contribution in [0.2, 0.25) is 0 Å². The van der Waals surface area contributed by atoms with Crippen LogP contribution in [0.25, 0.3) is 0 Å². The summed E-state index contributed by atoms with van der Waals surface area (Å²) in [6.07, 6.45) is 10.4. The van der Waals surface area contributed by atoms with Crippen molar-refractivity contribution in [2.75, 3.05) is 26.2 Å². The van der Waals surface area contributed by atoms with Crippen molar-refractivity contribution in [2.45, 2.75) is 51.0 Å². The number of nitrogens with one attached hydrogen (secondary N) is 1. The van der Waals surface area contributed by atoms with Gasteiger partial charge >= 0.3 is 0 Å². The molecule has 1 saturated carbocycles. The van der Waals surface area contributed by atoms with Gasteiger partial charge in [-0.3, -0.25) is 4.90 Å². The Balaban J connectivity index is 1.55. The van der Waals surface area contributed by atoms with Gasteiger partial charge in [0.05, 0.1) is 0 Å². The first kappa shape index (κ1) is 11.0. The Morgan fingerprint density at radius 3 is 2.62 bits per heavy atom.